The van der Waals surface area contributed by atoms with Gasteiger partial charge in [-0.15, -0.1) is 0 Å². The first kappa shape index (κ1) is 18.9. The fourth-order valence-corrected chi connectivity index (χ4v) is 3.43. The Labute approximate surface area is 173 Å². The number of fused-ring (bicyclic) bond motifs is 1. The van der Waals surface area contributed by atoms with Gasteiger partial charge in [-0.25, -0.2) is 0 Å². The Morgan fingerprint density at radius 3 is 2.24 bits per heavy atom. The molecule has 0 fully saturated rings. The van der Waals surface area contributed by atoms with E-state index in [4.69, 9.17) is 21.1 Å². The third-order valence-corrected chi connectivity index (χ3v) is 4.95. The van der Waals surface area contributed by atoms with Gasteiger partial charge in [-0.2, -0.15) is 0 Å². The molecule has 0 bridgehead atoms. The van der Waals surface area contributed by atoms with Crippen LogP contribution in [-0.2, 0) is 4.79 Å². The fraction of sp³-hybridized carbons (Fsp3) is 0.0870. The van der Waals surface area contributed by atoms with E-state index in [9.17, 15) is 4.79 Å². The van der Waals surface area contributed by atoms with Gasteiger partial charge in [-0.05, 0) is 35.9 Å². The van der Waals surface area contributed by atoms with Gasteiger partial charge in [0.25, 0.3) is 5.91 Å². The average Bonchev–Trinajstić information content (AvgIpc) is 3.07. The molecule has 2 N–H and O–H groups in total. The van der Waals surface area contributed by atoms with Crippen molar-refractivity contribution in [1.29, 1.82) is 0 Å². The van der Waals surface area contributed by atoms with E-state index in [1.54, 1.807) is 32.4 Å². The smallest absolute Gasteiger partial charge is 0.258 e. The number of methoxy groups -OCH3 is 2. The molecule has 1 aliphatic rings. The SMILES string of the molecule is COc1cc2c(cc1OC)/C(=C(\Nc1ccc(Cl)cc1)c1ccccc1)C(=O)N2. The number of carbonyl (C=O) groups excluding carboxylic acids is 1. The molecule has 0 unspecified atom stereocenters. The number of hydrogen-bond acceptors (Lipinski definition) is 4. The number of carbonyl (C=O) groups is 1. The molecule has 1 amide bonds. The summed E-state index contributed by atoms with van der Waals surface area (Å²) < 4.78 is 10.8. The van der Waals surface area contributed by atoms with Crippen LogP contribution in [0.15, 0.2) is 66.7 Å². The first-order chi connectivity index (χ1) is 14.1. The number of ether oxygens (including phenoxy) is 2. The predicted octanol–water partition coefficient (Wildman–Crippen LogP) is 5.29. The van der Waals surface area contributed by atoms with Crippen LogP contribution in [0.25, 0.3) is 11.3 Å². The van der Waals surface area contributed by atoms with Gasteiger partial charge in [0.2, 0.25) is 0 Å². The highest BCUT2D eigenvalue weighted by Gasteiger charge is 2.30. The number of nitrogens with one attached hydrogen (secondary N) is 2. The topological polar surface area (TPSA) is 59.6 Å². The lowest BCUT2D eigenvalue weighted by Crippen LogP contribution is -2.10. The zero-order valence-corrected chi connectivity index (χ0v) is 16.7. The minimum atomic E-state index is -0.198. The van der Waals surface area contributed by atoms with E-state index in [0.717, 1.165) is 16.8 Å². The van der Waals surface area contributed by atoms with Gasteiger partial charge in [0.1, 0.15) is 0 Å². The molecule has 5 nitrogen and oxygen atoms in total. The van der Waals surface area contributed by atoms with Crippen LogP contribution in [0.4, 0.5) is 11.4 Å². The van der Waals surface area contributed by atoms with Crippen LogP contribution in [0, 0.1) is 0 Å². The highest BCUT2D eigenvalue weighted by Crippen LogP contribution is 2.43. The van der Waals surface area contributed by atoms with Crippen LogP contribution in [0.5, 0.6) is 11.5 Å². The van der Waals surface area contributed by atoms with Crippen molar-refractivity contribution in [2.45, 2.75) is 0 Å². The summed E-state index contributed by atoms with van der Waals surface area (Å²) in [4.78, 5) is 13.0. The lowest BCUT2D eigenvalue weighted by molar-refractivity contribution is -0.110. The van der Waals surface area contributed by atoms with Gasteiger partial charge in [0, 0.05) is 22.3 Å². The van der Waals surface area contributed by atoms with Crippen molar-refractivity contribution in [3.63, 3.8) is 0 Å². The van der Waals surface area contributed by atoms with Crippen LogP contribution in [0.2, 0.25) is 5.02 Å². The second kappa shape index (κ2) is 7.89. The monoisotopic (exact) mass is 406 g/mol. The molecule has 6 heteroatoms. The molecule has 146 valence electrons. The molecule has 1 heterocycles. The molecule has 0 radical (unpaired) electrons. The Bertz CT molecular complexity index is 1090. The number of halogens is 1. The van der Waals surface area contributed by atoms with E-state index < -0.39 is 0 Å². The van der Waals surface area contributed by atoms with E-state index in [1.807, 2.05) is 48.5 Å². The van der Waals surface area contributed by atoms with Gasteiger partial charge in [-0.1, -0.05) is 41.9 Å². The number of rotatable bonds is 5. The van der Waals surface area contributed by atoms with Crippen molar-refractivity contribution in [1.82, 2.24) is 0 Å². The maximum atomic E-state index is 13.0. The molecule has 3 aromatic carbocycles. The zero-order chi connectivity index (χ0) is 20.4. The lowest BCUT2D eigenvalue weighted by Gasteiger charge is -2.15. The predicted molar refractivity (Wildman–Crippen MR) is 117 cm³/mol. The third-order valence-electron chi connectivity index (χ3n) is 4.69. The first-order valence-corrected chi connectivity index (χ1v) is 9.38. The normalized spacial score (nSPS) is 14.1. The van der Waals surface area contributed by atoms with Gasteiger partial charge in [-0.3, -0.25) is 4.79 Å². The van der Waals surface area contributed by atoms with Crippen LogP contribution in [0.1, 0.15) is 11.1 Å². The summed E-state index contributed by atoms with van der Waals surface area (Å²) >= 11 is 6.01. The van der Waals surface area contributed by atoms with Gasteiger partial charge in [0.05, 0.1) is 31.2 Å². The fourth-order valence-electron chi connectivity index (χ4n) is 3.31. The van der Waals surface area contributed by atoms with E-state index >= 15 is 0 Å². The van der Waals surface area contributed by atoms with Gasteiger partial charge in [0.15, 0.2) is 11.5 Å². The van der Waals surface area contributed by atoms with Crippen LogP contribution in [0.3, 0.4) is 0 Å². The Kier molecular flexibility index (Phi) is 5.14. The third kappa shape index (κ3) is 3.65. The molecule has 1 aliphatic heterocycles. The average molecular weight is 407 g/mol. The lowest BCUT2D eigenvalue weighted by atomic mass is 9.99. The maximum Gasteiger partial charge on any atom is 0.258 e. The Morgan fingerprint density at radius 1 is 0.931 bits per heavy atom. The Balaban J connectivity index is 1.91. The van der Waals surface area contributed by atoms with E-state index in [1.165, 1.54) is 0 Å². The molecule has 0 spiro atoms. The summed E-state index contributed by atoms with van der Waals surface area (Å²) in [5.41, 5.74) is 4.35. The molecule has 29 heavy (non-hydrogen) atoms. The molecule has 0 saturated carbocycles. The van der Waals surface area contributed by atoms with Crippen molar-refractivity contribution in [3.8, 4) is 11.5 Å². The number of benzene rings is 3. The number of hydrogen-bond donors (Lipinski definition) is 2. The molecule has 0 atom stereocenters. The number of anilines is 2. The minimum absolute atomic E-state index is 0.198. The van der Waals surface area contributed by atoms with E-state index in [2.05, 4.69) is 10.6 Å². The van der Waals surface area contributed by atoms with E-state index in [-0.39, 0.29) is 5.91 Å². The molecule has 0 saturated heterocycles. The van der Waals surface area contributed by atoms with Crippen LogP contribution >= 0.6 is 11.6 Å². The second-order valence-corrected chi connectivity index (χ2v) is 6.89. The van der Waals surface area contributed by atoms with Crippen LogP contribution < -0.4 is 20.1 Å². The molecular weight excluding hydrogens is 388 g/mol. The summed E-state index contributed by atoms with van der Waals surface area (Å²) in [6, 6.07) is 20.6. The summed E-state index contributed by atoms with van der Waals surface area (Å²) in [5.74, 6) is 0.912. The van der Waals surface area contributed by atoms with Crippen molar-refractivity contribution in [3.05, 3.63) is 82.9 Å². The molecule has 0 aliphatic carbocycles. The molecule has 0 aromatic heterocycles. The summed E-state index contributed by atoms with van der Waals surface area (Å²) in [5, 5.41) is 6.96. The summed E-state index contributed by atoms with van der Waals surface area (Å²) in [7, 11) is 3.14. The number of amides is 1. The molecular formula is C23H19ClN2O3. The minimum Gasteiger partial charge on any atom is -0.493 e. The van der Waals surface area contributed by atoms with Crippen molar-refractivity contribution in [2.75, 3.05) is 24.9 Å². The largest absolute Gasteiger partial charge is 0.493 e. The standard InChI is InChI=1S/C23H19ClN2O3/c1-28-19-12-17-18(13-20(19)29-2)26-23(27)21(17)22(14-6-4-3-5-7-14)25-16-10-8-15(24)9-11-16/h3-13,25H,1-2H3,(H,26,27)/b22-21+. The van der Waals surface area contributed by atoms with Gasteiger partial charge < -0.3 is 20.1 Å². The Morgan fingerprint density at radius 2 is 1.59 bits per heavy atom. The second-order valence-electron chi connectivity index (χ2n) is 6.45. The van der Waals surface area contributed by atoms with E-state index in [0.29, 0.717) is 33.5 Å². The first-order valence-electron chi connectivity index (χ1n) is 9.00. The van der Waals surface area contributed by atoms with Crippen molar-refractivity contribution in [2.24, 2.45) is 0 Å². The van der Waals surface area contributed by atoms with Crippen molar-refractivity contribution >= 4 is 40.2 Å². The van der Waals surface area contributed by atoms with Crippen LogP contribution in [-0.4, -0.2) is 20.1 Å². The molecule has 4 rings (SSSR count). The highest BCUT2D eigenvalue weighted by atomic mass is 35.5. The Hall–Kier alpha value is -3.44. The quantitative estimate of drug-likeness (QED) is 0.565. The summed E-state index contributed by atoms with van der Waals surface area (Å²) in [6.45, 7) is 0. The zero-order valence-electron chi connectivity index (χ0n) is 16.0. The summed E-state index contributed by atoms with van der Waals surface area (Å²) in [6.07, 6.45) is 0. The van der Waals surface area contributed by atoms with Gasteiger partial charge >= 0.3 is 0 Å². The maximum absolute atomic E-state index is 13.0. The highest BCUT2D eigenvalue weighted by molar-refractivity contribution is 6.37. The molecule has 3 aromatic rings. The van der Waals surface area contributed by atoms with Crippen molar-refractivity contribution < 1.29 is 14.3 Å².